The van der Waals surface area contributed by atoms with Crippen LogP contribution in [0.5, 0.6) is 11.5 Å². The maximum Gasteiger partial charge on any atom is 0.316 e. The van der Waals surface area contributed by atoms with Crippen LogP contribution in [0.1, 0.15) is 31.4 Å². The van der Waals surface area contributed by atoms with E-state index in [9.17, 15) is 19.7 Å². The van der Waals surface area contributed by atoms with E-state index >= 15 is 0 Å². The minimum Gasteiger partial charge on any atom is -0.494 e. The second-order valence-electron chi connectivity index (χ2n) is 8.96. The zero-order chi connectivity index (χ0) is 25.2. The van der Waals surface area contributed by atoms with Gasteiger partial charge in [0.2, 0.25) is 5.91 Å². The van der Waals surface area contributed by atoms with Crippen LogP contribution in [0.25, 0.3) is 0 Å². The highest BCUT2D eigenvalue weighted by Gasteiger charge is 2.38. The van der Waals surface area contributed by atoms with E-state index in [1.807, 2.05) is 30.3 Å². The number of benzene rings is 3. The summed E-state index contributed by atoms with van der Waals surface area (Å²) in [7, 11) is 1.37. The summed E-state index contributed by atoms with van der Waals surface area (Å²) in [5, 5.41) is 11.0. The fourth-order valence-electron chi connectivity index (χ4n) is 4.26. The number of hydrogen-bond donors (Lipinski definition) is 0. The lowest BCUT2D eigenvalue weighted by molar-refractivity contribution is -0.384. The number of non-ortho nitro benzene ring substituents is 1. The van der Waals surface area contributed by atoms with E-state index in [0.29, 0.717) is 11.4 Å². The first kappa shape index (κ1) is 23.9. The van der Waals surface area contributed by atoms with E-state index in [4.69, 9.17) is 9.47 Å². The number of amides is 1. The van der Waals surface area contributed by atoms with Gasteiger partial charge in [-0.1, -0.05) is 56.3 Å². The van der Waals surface area contributed by atoms with Crippen LogP contribution in [0.3, 0.4) is 0 Å². The predicted octanol–water partition coefficient (Wildman–Crippen LogP) is 4.89. The molecule has 0 aliphatic carbocycles. The van der Waals surface area contributed by atoms with Crippen LogP contribution in [0, 0.1) is 16.0 Å². The van der Waals surface area contributed by atoms with Crippen molar-refractivity contribution >= 4 is 23.3 Å². The SMILES string of the molecule is COc1cc([N+](=O)[O-])ccc1N1C[C@@H](C(=O)Oc2ccc(C(C)(C)c3ccccc3)cc2)CC1=O. The zero-order valence-corrected chi connectivity index (χ0v) is 19.8. The minimum absolute atomic E-state index is 0.0158. The van der Waals surface area contributed by atoms with Gasteiger partial charge in [-0.3, -0.25) is 19.7 Å². The Morgan fingerprint density at radius 1 is 1.03 bits per heavy atom. The molecule has 0 bridgehead atoms. The molecule has 0 aromatic heterocycles. The number of esters is 1. The van der Waals surface area contributed by atoms with Gasteiger partial charge in [0.25, 0.3) is 5.69 Å². The Kier molecular flexibility index (Phi) is 6.55. The third-order valence-corrected chi connectivity index (χ3v) is 6.41. The molecule has 1 saturated heterocycles. The average Bonchev–Trinajstić information content (AvgIpc) is 3.26. The topological polar surface area (TPSA) is 99.0 Å². The van der Waals surface area contributed by atoms with Crippen LogP contribution in [0.2, 0.25) is 0 Å². The molecular formula is C27H26N2O6. The quantitative estimate of drug-likeness (QED) is 0.209. The van der Waals surface area contributed by atoms with Crippen molar-refractivity contribution in [2.45, 2.75) is 25.7 Å². The summed E-state index contributed by atoms with van der Waals surface area (Å²) in [5.41, 5.74) is 2.27. The molecule has 0 N–H and O–H groups in total. The molecule has 1 atom stereocenters. The third kappa shape index (κ3) is 4.87. The molecule has 180 valence electrons. The molecule has 0 saturated carbocycles. The molecule has 3 aromatic rings. The minimum atomic E-state index is -0.664. The van der Waals surface area contributed by atoms with Crippen molar-refractivity contribution in [3.63, 3.8) is 0 Å². The smallest absolute Gasteiger partial charge is 0.316 e. The number of nitro benzene ring substituents is 1. The number of ether oxygens (including phenoxy) is 2. The molecule has 1 aliphatic heterocycles. The number of carbonyl (C=O) groups excluding carboxylic acids is 2. The molecule has 8 nitrogen and oxygen atoms in total. The number of nitro groups is 1. The van der Waals surface area contributed by atoms with E-state index in [2.05, 4.69) is 26.0 Å². The molecule has 35 heavy (non-hydrogen) atoms. The highest BCUT2D eigenvalue weighted by molar-refractivity contribution is 6.01. The Labute approximate surface area is 203 Å². The summed E-state index contributed by atoms with van der Waals surface area (Å²) in [6, 6.07) is 21.5. The summed E-state index contributed by atoms with van der Waals surface area (Å²) in [4.78, 5) is 37.4. The van der Waals surface area contributed by atoms with Crippen molar-refractivity contribution in [3.05, 3.63) is 94.0 Å². The first-order valence-electron chi connectivity index (χ1n) is 11.2. The van der Waals surface area contributed by atoms with Gasteiger partial charge in [-0.05, 0) is 29.3 Å². The molecule has 0 unspecified atom stereocenters. The Balaban J connectivity index is 1.45. The predicted molar refractivity (Wildman–Crippen MR) is 131 cm³/mol. The highest BCUT2D eigenvalue weighted by atomic mass is 16.6. The van der Waals surface area contributed by atoms with Crippen molar-refractivity contribution in [3.8, 4) is 11.5 Å². The van der Waals surface area contributed by atoms with Gasteiger partial charge in [0.1, 0.15) is 11.5 Å². The molecule has 3 aromatic carbocycles. The van der Waals surface area contributed by atoms with Gasteiger partial charge in [-0.25, -0.2) is 0 Å². The summed E-state index contributed by atoms with van der Waals surface area (Å²) < 4.78 is 10.8. The number of carbonyl (C=O) groups is 2. The summed E-state index contributed by atoms with van der Waals surface area (Å²) in [5.74, 6) is -0.849. The van der Waals surface area contributed by atoms with Crippen molar-refractivity contribution in [1.29, 1.82) is 0 Å². The Hall–Kier alpha value is -4.20. The van der Waals surface area contributed by atoms with E-state index < -0.39 is 16.8 Å². The average molecular weight is 475 g/mol. The molecule has 0 spiro atoms. The fourth-order valence-corrected chi connectivity index (χ4v) is 4.26. The second-order valence-corrected chi connectivity index (χ2v) is 8.96. The van der Waals surface area contributed by atoms with Gasteiger partial charge in [-0.2, -0.15) is 0 Å². The fraction of sp³-hybridized carbons (Fsp3) is 0.259. The summed E-state index contributed by atoms with van der Waals surface area (Å²) in [6.45, 7) is 4.37. The van der Waals surface area contributed by atoms with Crippen molar-refractivity contribution < 1.29 is 24.0 Å². The van der Waals surface area contributed by atoms with Gasteiger partial charge >= 0.3 is 5.97 Å². The summed E-state index contributed by atoms with van der Waals surface area (Å²) in [6.07, 6.45) is -0.0158. The molecule has 4 rings (SSSR count). The van der Waals surface area contributed by atoms with E-state index in [0.717, 1.165) is 5.56 Å². The number of nitrogens with zero attached hydrogens (tertiary/aromatic N) is 2. The lowest BCUT2D eigenvalue weighted by Gasteiger charge is -2.26. The van der Waals surface area contributed by atoms with E-state index in [1.165, 1.54) is 35.8 Å². The van der Waals surface area contributed by atoms with Gasteiger partial charge in [0, 0.05) is 24.4 Å². The van der Waals surface area contributed by atoms with Crippen molar-refractivity contribution in [2.75, 3.05) is 18.6 Å². The Bertz CT molecular complexity index is 1250. The number of methoxy groups -OCH3 is 1. The van der Waals surface area contributed by atoms with Gasteiger partial charge in [0.15, 0.2) is 0 Å². The Morgan fingerprint density at radius 3 is 2.31 bits per heavy atom. The third-order valence-electron chi connectivity index (χ3n) is 6.41. The first-order valence-corrected chi connectivity index (χ1v) is 11.2. The van der Waals surface area contributed by atoms with Crippen LogP contribution in [0.15, 0.2) is 72.8 Å². The number of rotatable bonds is 7. The summed E-state index contributed by atoms with van der Waals surface area (Å²) >= 11 is 0. The second kappa shape index (κ2) is 9.58. The van der Waals surface area contributed by atoms with E-state index in [-0.39, 0.29) is 35.7 Å². The number of hydrogen-bond acceptors (Lipinski definition) is 6. The zero-order valence-electron chi connectivity index (χ0n) is 19.8. The highest BCUT2D eigenvalue weighted by Crippen LogP contribution is 2.36. The van der Waals surface area contributed by atoms with Crippen molar-refractivity contribution in [1.82, 2.24) is 0 Å². The van der Waals surface area contributed by atoms with Crippen LogP contribution in [0.4, 0.5) is 11.4 Å². The van der Waals surface area contributed by atoms with E-state index in [1.54, 1.807) is 12.1 Å². The largest absolute Gasteiger partial charge is 0.494 e. The molecular weight excluding hydrogens is 448 g/mol. The van der Waals surface area contributed by atoms with Crippen molar-refractivity contribution in [2.24, 2.45) is 5.92 Å². The lowest BCUT2D eigenvalue weighted by atomic mass is 9.78. The molecule has 1 amide bonds. The molecule has 1 fully saturated rings. The first-order chi connectivity index (χ1) is 16.7. The molecule has 8 heteroatoms. The molecule has 1 heterocycles. The monoisotopic (exact) mass is 474 g/mol. The van der Waals surface area contributed by atoms with Gasteiger partial charge in [0.05, 0.1) is 29.7 Å². The van der Waals surface area contributed by atoms with Crippen LogP contribution < -0.4 is 14.4 Å². The van der Waals surface area contributed by atoms with Crippen LogP contribution in [-0.2, 0) is 15.0 Å². The standard InChI is InChI=1S/C27H26N2O6/c1-27(2,19-7-5-4-6-8-19)20-9-12-22(13-10-20)35-26(31)18-15-25(30)28(17-18)23-14-11-21(29(32)33)16-24(23)34-3/h4-14,16,18H,15,17H2,1-3H3/t18-/m0/s1. The van der Waals surface area contributed by atoms with Gasteiger partial charge in [-0.15, -0.1) is 0 Å². The maximum atomic E-state index is 12.8. The maximum absolute atomic E-state index is 12.8. The van der Waals surface area contributed by atoms with Gasteiger partial charge < -0.3 is 14.4 Å². The van der Waals surface area contributed by atoms with Crippen LogP contribution >= 0.6 is 0 Å². The molecule has 1 aliphatic rings. The van der Waals surface area contributed by atoms with Crippen LogP contribution in [-0.4, -0.2) is 30.5 Å². The molecule has 0 radical (unpaired) electrons. The normalized spacial score (nSPS) is 15.7. The number of anilines is 1. The Morgan fingerprint density at radius 2 is 1.69 bits per heavy atom. The lowest BCUT2D eigenvalue weighted by Crippen LogP contribution is -2.27.